The van der Waals surface area contributed by atoms with Gasteiger partial charge in [-0.05, 0) is 55.7 Å². The summed E-state index contributed by atoms with van der Waals surface area (Å²) in [6.07, 6.45) is 3.24. The van der Waals surface area contributed by atoms with Gasteiger partial charge in [0.1, 0.15) is 17.2 Å². The molecule has 9 heteroatoms. The van der Waals surface area contributed by atoms with Crippen LogP contribution in [-0.2, 0) is 20.9 Å². The van der Waals surface area contributed by atoms with Crippen molar-refractivity contribution in [3.63, 3.8) is 0 Å². The van der Waals surface area contributed by atoms with E-state index in [2.05, 4.69) is 9.97 Å². The molecule has 3 aromatic rings. The molecular formula is C27H27N3O6. The number of hydrogen-bond donors (Lipinski definition) is 2. The molecule has 0 bridgehead atoms. The highest BCUT2D eigenvalue weighted by molar-refractivity contribution is 6.46. The number of aliphatic hydroxyl groups is 1. The van der Waals surface area contributed by atoms with E-state index in [1.807, 2.05) is 6.07 Å². The minimum absolute atomic E-state index is 0.0605. The normalized spacial score (nSPS) is 16.9. The number of rotatable bonds is 7. The van der Waals surface area contributed by atoms with E-state index >= 15 is 0 Å². The molecule has 9 nitrogen and oxygen atoms in total. The first-order valence-corrected chi connectivity index (χ1v) is 11.5. The van der Waals surface area contributed by atoms with E-state index in [0.29, 0.717) is 22.6 Å². The molecular weight excluding hydrogens is 462 g/mol. The summed E-state index contributed by atoms with van der Waals surface area (Å²) in [5.41, 5.74) is 2.66. The molecule has 1 aliphatic heterocycles. The number of nitrogens with one attached hydrogen (secondary N) is 1. The van der Waals surface area contributed by atoms with Crippen molar-refractivity contribution in [1.82, 2.24) is 14.9 Å². The number of aromatic nitrogens is 2. The summed E-state index contributed by atoms with van der Waals surface area (Å²) in [6, 6.07) is 9.65. The molecule has 1 aliphatic rings. The number of ether oxygens (including phenoxy) is 2. The Morgan fingerprint density at radius 1 is 1.17 bits per heavy atom. The van der Waals surface area contributed by atoms with E-state index < -0.39 is 23.7 Å². The van der Waals surface area contributed by atoms with Crippen LogP contribution in [0.3, 0.4) is 0 Å². The Labute approximate surface area is 208 Å². The van der Waals surface area contributed by atoms with E-state index in [4.69, 9.17) is 9.47 Å². The fourth-order valence-corrected chi connectivity index (χ4v) is 4.51. The molecule has 0 saturated carbocycles. The van der Waals surface area contributed by atoms with Gasteiger partial charge in [-0.1, -0.05) is 18.2 Å². The van der Waals surface area contributed by atoms with Crippen molar-refractivity contribution in [3.8, 4) is 5.75 Å². The highest BCUT2D eigenvalue weighted by atomic mass is 16.5. The number of aliphatic hydroxyl groups excluding tert-OH is 1. The van der Waals surface area contributed by atoms with Gasteiger partial charge in [0.2, 0.25) is 0 Å². The Balaban J connectivity index is 1.88. The minimum Gasteiger partial charge on any atom is -0.507 e. The molecule has 2 N–H and O–H groups in total. The van der Waals surface area contributed by atoms with Gasteiger partial charge in [0.05, 0.1) is 25.3 Å². The third kappa shape index (κ3) is 4.35. The molecule has 186 valence electrons. The molecule has 1 fully saturated rings. The lowest BCUT2D eigenvalue weighted by atomic mass is 9.94. The molecule has 4 rings (SSSR count). The number of aromatic amines is 1. The van der Waals surface area contributed by atoms with Crippen LogP contribution in [0.5, 0.6) is 5.75 Å². The van der Waals surface area contributed by atoms with Crippen molar-refractivity contribution in [1.29, 1.82) is 0 Å². The van der Waals surface area contributed by atoms with Crippen LogP contribution in [0.15, 0.2) is 54.4 Å². The molecule has 1 saturated heterocycles. The van der Waals surface area contributed by atoms with Gasteiger partial charge >= 0.3 is 5.97 Å². The zero-order valence-corrected chi connectivity index (χ0v) is 20.5. The molecule has 1 amide bonds. The number of benzene rings is 1. The Morgan fingerprint density at radius 2 is 1.89 bits per heavy atom. The lowest BCUT2D eigenvalue weighted by molar-refractivity contribution is -0.140. The van der Waals surface area contributed by atoms with Crippen molar-refractivity contribution < 1.29 is 29.0 Å². The number of carbonyl (C=O) groups is 3. The van der Waals surface area contributed by atoms with Crippen LogP contribution in [-0.4, -0.2) is 51.4 Å². The Morgan fingerprint density at radius 3 is 2.50 bits per heavy atom. The number of ketones is 1. The number of pyridine rings is 1. The second kappa shape index (κ2) is 10.1. The number of esters is 1. The van der Waals surface area contributed by atoms with Crippen molar-refractivity contribution in [2.45, 2.75) is 33.4 Å². The fraction of sp³-hybridized carbons (Fsp3) is 0.259. The molecule has 3 heterocycles. The Kier molecular flexibility index (Phi) is 6.91. The summed E-state index contributed by atoms with van der Waals surface area (Å²) >= 11 is 0. The third-order valence-electron chi connectivity index (χ3n) is 6.20. The van der Waals surface area contributed by atoms with Gasteiger partial charge in [-0.3, -0.25) is 14.6 Å². The van der Waals surface area contributed by atoms with Crippen LogP contribution in [0.4, 0.5) is 0 Å². The number of H-pyrrole nitrogens is 1. The topological polar surface area (TPSA) is 122 Å². The van der Waals surface area contributed by atoms with Gasteiger partial charge in [-0.2, -0.15) is 0 Å². The minimum atomic E-state index is -0.865. The molecule has 36 heavy (non-hydrogen) atoms. The summed E-state index contributed by atoms with van der Waals surface area (Å²) in [6.45, 7) is 5.33. The first-order chi connectivity index (χ1) is 17.3. The molecule has 0 unspecified atom stereocenters. The largest absolute Gasteiger partial charge is 0.507 e. The quantitative estimate of drug-likeness (QED) is 0.224. The molecule has 0 aliphatic carbocycles. The maximum atomic E-state index is 13.3. The fourth-order valence-electron chi connectivity index (χ4n) is 4.51. The summed E-state index contributed by atoms with van der Waals surface area (Å²) in [4.78, 5) is 47.4. The average Bonchev–Trinajstić information content (AvgIpc) is 3.32. The van der Waals surface area contributed by atoms with Gasteiger partial charge in [0, 0.05) is 30.2 Å². The SMILES string of the molecule is CCOC(=O)c1[nH]c(C)c(/C(O)=C2\C(=O)C(=O)N(Cc3cccnc3)[C@H]2c2ccc(OC)cc2)c1C. The zero-order chi connectivity index (χ0) is 26.0. The highest BCUT2D eigenvalue weighted by Crippen LogP contribution is 2.42. The number of nitrogens with zero attached hydrogens (tertiary/aromatic N) is 2. The number of Topliss-reactive ketones (excluding diaryl/α,β-unsaturated/α-hetero) is 1. The maximum absolute atomic E-state index is 13.3. The highest BCUT2D eigenvalue weighted by Gasteiger charge is 2.46. The van der Waals surface area contributed by atoms with Crippen LogP contribution >= 0.6 is 0 Å². The lowest BCUT2D eigenvalue weighted by Gasteiger charge is -2.25. The van der Waals surface area contributed by atoms with E-state index in [0.717, 1.165) is 5.56 Å². The number of hydrogen-bond acceptors (Lipinski definition) is 7. The predicted octanol–water partition coefficient (Wildman–Crippen LogP) is 3.83. The van der Waals surface area contributed by atoms with Gasteiger partial charge in [-0.25, -0.2) is 4.79 Å². The summed E-state index contributed by atoms with van der Waals surface area (Å²) < 4.78 is 10.4. The third-order valence-corrected chi connectivity index (χ3v) is 6.20. The lowest BCUT2D eigenvalue weighted by Crippen LogP contribution is -2.29. The van der Waals surface area contributed by atoms with E-state index in [1.165, 1.54) is 4.90 Å². The summed E-state index contributed by atoms with van der Waals surface area (Å²) in [7, 11) is 1.54. The van der Waals surface area contributed by atoms with E-state index in [1.54, 1.807) is 70.6 Å². The van der Waals surface area contributed by atoms with Gasteiger partial charge < -0.3 is 24.5 Å². The number of amides is 1. The van der Waals surface area contributed by atoms with Crippen LogP contribution < -0.4 is 4.74 Å². The summed E-state index contributed by atoms with van der Waals surface area (Å²) in [5.74, 6) is -1.86. The number of likely N-dealkylation sites (tertiary alicyclic amines) is 1. The summed E-state index contributed by atoms with van der Waals surface area (Å²) in [5, 5.41) is 11.5. The first-order valence-electron chi connectivity index (χ1n) is 11.5. The standard InChI is InChI=1S/C27H27N3O6/c1-5-36-27(34)22-15(2)20(16(3)29-22)24(31)21-23(18-8-10-19(35-4)11-9-18)30(26(33)25(21)32)14-17-7-6-12-28-13-17/h6-13,23,29,31H,5,14H2,1-4H3/b24-21+/t23-/m0/s1. The molecule has 2 aromatic heterocycles. The van der Waals surface area contributed by atoms with Crippen molar-refractivity contribution in [2.75, 3.05) is 13.7 Å². The van der Waals surface area contributed by atoms with Crippen molar-refractivity contribution in [3.05, 3.63) is 88.0 Å². The monoisotopic (exact) mass is 489 g/mol. The van der Waals surface area contributed by atoms with Crippen molar-refractivity contribution >= 4 is 23.4 Å². The molecule has 1 aromatic carbocycles. The first kappa shape index (κ1) is 24.7. The second-order valence-electron chi connectivity index (χ2n) is 8.41. The zero-order valence-electron chi connectivity index (χ0n) is 20.5. The molecule has 1 atom stereocenters. The second-order valence-corrected chi connectivity index (χ2v) is 8.41. The smallest absolute Gasteiger partial charge is 0.355 e. The predicted molar refractivity (Wildman–Crippen MR) is 131 cm³/mol. The van der Waals surface area contributed by atoms with Crippen LogP contribution in [0.1, 0.15) is 51.4 Å². The van der Waals surface area contributed by atoms with Crippen LogP contribution in [0, 0.1) is 13.8 Å². The number of aryl methyl sites for hydroxylation is 1. The number of carbonyl (C=O) groups excluding carboxylic acids is 3. The van der Waals surface area contributed by atoms with E-state index in [9.17, 15) is 19.5 Å². The van der Waals surface area contributed by atoms with Gasteiger partial charge in [-0.15, -0.1) is 0 Å². The van der Waals surface area contributed by atoms with E-state index in [-0.39, 0.29) is 35.7 Å². The number of methoxy groups -OCH3 is 1. The van der Waals surface area contributed by atoms with Crippen LogP contribution in [0.2, 0.25) is 0 Å². The van der Waals surface area contributed by atoms with Gasteiger partial charge in [0.25, 0.3) is 11.7 Å². The Hall–Kier alpha value is -4.40. The Bertz CT molecular complexity index is 1340. The van der Waals surface area contributed by atoms with Gasteiger partial charge in [0.15, 0.2) is 0 Å². The average molecular weight is 490 g/mol. The molecule has 0 radical (unpaired) electrons. The van der Waals surface area contributed by atoms with Crippen molar-refractivity contribution in [2.24, 2.45) is 0 Å². The molecule has 0 spiro atoms. The van der Waals surface area contributed by atoms with Crippen LogP contribution in [0.25, 0.3) is 5.76 Å². The maximum Gasteiger partial charge on any atom is 0.355 e.